The molecule has 24 heavy (non-hydrogen) atoms. The second kappa shape index (κ2) is 7.08. The van der Waals surface area contributed by atoms with Gasteiger partial charge >= 0.3 is 0 Å². The van der Waals surface area contributed by atoms with E-state index < -0.39 is 27.8 Å². The van der Waals surface area contributed by atoms with Crippen molar-refractivity contribution in [2.45, 2.75) is 24.8 Å². The Morgan fingerprint density at radius 2 is 1.79 bits per heavy atom. The minimum Gasteiger partial charge on any atom is -0.288 e. The number of hydrogen-bond acceptors (Lipinski definition) is 4. The van der Waals surface area contributed by atoms with Gasteiger partial charge in [0.15, 0.2) is 0 Å². The van der Waals surface area contributed by atoms with Crippen LogP contribution in [0.2, 0.25) is 0 Å². The third-order valence-electron chi connectivity index (χ3n) is 3.55. The summed E-state index contributed by atoms with van der Waals surface area (Å²) < 4.78 is 40.7. The molecule has 2 aromatic rings. The summed E-state index contributed by atoms with van der Waals surface area (Å²) in [5.41, 5.74) is 2.80. The first-order valence-corrected chi connectivity index (χ1v) is 8.56. The molecule has 1 amide bonds. The predicted molar refractivity (Wildman–Crippen MR) is 85.6 cm³/mol. The standard InChI is InChI=1S/C16H17FN2O4S/c1-10-3-8-14(17)9-15(10)24(22,23)19-11(2)12-4-6-13(7-5-12)16(20)18-21/h3-9,11,19,21H,1-2H3,(H,18,20). The second-order valence-corrected chi connectivity index (χ2v) is 7.00. The molecule has 0 saturated carbocycles. The average molecular weight is 352 g/mol. The van der Waals surface area contributed by atoms with Crippen molar-refractivity contribution in [1.29, 1.82) is 0 Å². The van der Waals surface area contributed by atoms with Gasteiger partial charge < -0.3 is 0 Å². The topological polar surface area (TPSA) is 95.5 Å². The van der Waals surface area contributed by atoms with Crippen molar-refractivity contribution < 1.29 is 22.8 Å². The first-order chi connectivity index (χ1) is 11.2. The van der Waals surface area contributed by atoms with Crippen LogP contribution in [0.4, 0.5) is 4.39 Å². The quantitative estimate of drug-likeness (QED) is 0.568. The van der Waals surface area contributed by atoms with E-state index in [9.17, 15) is 17.6 Å². The fourth-order valence-corrected chi connectivity index (χ4v) is 3.70. The Hall–Kier alpha value is -2.29. The molecular formula is C16H17FN2O4S. The highest BCUT2D eigenvalue weighted by atomic mass is 32.2. The van der Waals surface area contributed by atoms with Crippen molar-refractivity contribution in [3.05, 3.63) is 65.0 Å². The molecule has 0 aliphatic rings. The number of amides is 1. The summed E-state index contributed by atoms with van der Waals surface area (Å²) in [7, 11) is -3.90. The molecule has 0 bridgehead atoms. The molecule has 0 aliphatic heterocycles. The summed E-state index contributed by atoms with van der Waals surface area (Å²) in [6.45, 7) is 3.22. The summed E-state index contributed by atoms with van der Waals surface area (Å²) in [6.07, 6.45) is 0. The molecule has 2 rings (SSSR count). The van der Waals surface area contributed by atoms with Crippen LogP contribution in [0.3, 0.4) is 0 Å². The zero-order valence-electron chi connectivity index (χ0n) is 13.1. The highest BCUT2D eigenvalue weighted by Gasteiger charge is 2.21. The molecular weight excluding hydrogens is 335 g/mol. The molecule has 0 saturated heterocycles. The van der Waals surface area contributed by atoms with Crippen molar-refractivity contribution in [3.63, 3.8) is 0 Å². The van der Waals surface area contributed by atoms with E-state index in [0.29, 0.717) is 11.1 Å². The smallest absolute Gasteiger partial charge is 0.274 e. The third kappa shape index (κ3) is 3.97. The van der Waals surface area contributed by atoms with Gasteiger partial charge in [0, 0.05) is 11.6 Å². The SMILES string of the molecule is Cc1ccc(F)cc1S(=O)(=O)NC(C)c1ccc(C(=O)NO)cc1. The number of rotatable bonds is 5. The van der Waals surface area contributed by atoms with E-state index in [1.807, 2.05) is 0 Å². The molecule has 0 fully saturated rings. The summed E-state index contributed by atoms with van der Waals surface area (Å²) >= 11 is 0. The number of sulfonamides is 1. The molecule has 8 heteroatoms. The third-order valence-corrected chi connectivity index (χ3v) is 5.23. The van der Waals surface area contributed by atoms with Gasteiger partial charge in [-0.05, 0) is 49.2 Å². The summed E-state index contributed by atoms with van der Waals surface area (Å²) in [5, 5.41) is 8.57. The van der Waals surface area contributed by atoms with Gasteiger partial charge in [0.25, 0.3) is 5.91 Å². The van der Waals surface area contributed by atoms with Crippen molar-refractivity contribution in [3.8, 4) is 0 Å². The summed E-state index contributed by atoms with van der Waals surface area (Å²) in [5.74, 6) is -1.29. The summed E-state index contributed by atoms with van der Waals surface area (Å²) in [6, 6.07) is 9.02. The fourth-order valence-electron chi connectivity index (χ4n) is 2.22. The predicted octanol–water partition coefficient (Wildman–Crippen LogP) is 2.29. The molecule has 0 heterocycles. The Balaban J connectivity index is 2.23. The number of hydrogen-bond donors (Lipinski definition) is 3. The maximum atomic E-state index is 13.3. The molecule has 0 spiro atoms. The van der Waals surface area contributed by atoms with Crippen LogP contribution in [0.25, 0.3) is 0 Å². The number of hydroxylamine groups is 1. The summed E-state index contributed by atoms with van der Waals surface area (Å²) in [4.78, 5) is 11.1. The van der Waals surface area contributed by atoms with E-state index in [4.69, 9.17) is 5.21 Å². The number of nitrogens with one attached hydrogen (secondary N) is 2. The highest BCUT2D eigenvalue weighted by molar-refractivity contribution is 7.89. The molecule has 1 unspecified atom stereocenters. The Labute approximate surface area is 139 Å². The van der Waals surface area contributed by atoms with Gasteiger partial charge in [-0.3, -0.25) is 10.0 Å². The Morgan fingerprint density at radius 3 is 2.38 bits per heavy atom. The lowest BCUT2D eigenvalue weighted by Gasteiger charge is -2.16. The van der Waals surface area contributed by atoms with Crippen molar-refractivity contribution >= 4 is 15.9 Å². The minimum atomic E-state index is -3.90. The minimum absolute atomic E-state index is 0.120. The number of carbonyl (C=O) groups excluding carboxylic acids is 1. The van der Waals surface area contributed by atoms with Gasteiger partial charge in [-0.2, -0.15) is 0 Å². The van der Waals surface area contributed by atoms with Crippen LogP contribution in [0, 0.1) is 12.7 Å². The van der Waals surface area contributed by atoms with E-state index in [2.05, 4.69) is 4.72 Å². The molecule has 1 atom stereocenters. The Bertz CT molecular complexity index is 851. The lowest BCUT2D eigenvalue weighted by atomic mass is 10.1. The van der Waals surface area contributed by atoms with Crippen LogP contribution in [0.15, 0.2) is 47.4 Å². The lowest BCUT2D eigenvalue weighted by molar-refractivity contribution is 0.0706. The van der Waals surface area contributed by atoms with E-state index in [-0.39, 0.29) is 10.5 Å². The first-order valence-electron chi connectivity index (χ1n) is 7.07. The number of benzene rings is 2. The highest BCUT2D eigenvalue weighted by Crippen LogP contribution is 2.20. The average Bonchev–Trinajstić information content (AvgIpc) is 2.56. The van der Waals surface area contributed by atoms with Crippen LogP contribution in [-0.4, -0.2) is 19.5 Å². The van der Waals surface area contributed by atoms with E-state index in [1.54, 1.807) is 26.0 Å². The first kappa shape index (κ1) is 18.1. The maximum absolute atomic E-state index is 13.3. The van der Waals surface area contributed by atoms with Gasteiger partial charge in [0.1, 0.15) is 5.82 Å². The Morgan fingerprint density at radius 1 is 1.17 bits per heavy atom. The van der Waals surface area contributed by atoms with Gasteiger partial charge in [-0.1, -0.05) is 18.2 Å². The van der Waals surface area contributed by atoms with Crippen LogP contribution in [-0.2, 0) is 10.0 Å². The molecule has 6 nitrogen and oxygen atoms in total. The molecule has 128 valence electrons. The molecule has 3 N–H and O–H groups in total. The number of aryl methyl sites for hydroxylation is 1. The lowest BCUT2D eigenvalue weighted by Crippen LogP contribution is -2.27. The van der Waals surface area contributed by atoms with E-state index in [1.165, 1.54) is 29.7 Å². The fraction of sp³-hybridized carbons (Fsp3) is 0.188. The number of halogens is 1. The Kier molecular flexibility index (Phi) is 5.33. The van der Waals surface area contributed by atoms with E-state index >= 15 is 0 Å². The number of carbonyl (C=O) groups is 1. The zero-order chi connectivity index (χ0) is 17.9. The molecule has 2 aromatic carbocycles. The van der Waals surface area contributed by atoms with Gasteiger partial charge in [-0.15, -0.1) is 0 Å². The van der Waals surface area contributed by atoms with Crippen LogP contribution < -0.4 is 10.2 Å². The molecule has 0 aromatic heterocycles. The van der Waals surface area contributed by atoms with Crippen LogP contribution in [0.1, 0.15) is 34.5 Å². The van der Waals surface area contributed by atoms with Crippen molar-refractivity contribution in [1.82, 2.24) is 10.2 Å². The maximum Gasteiger partial charge on any atom is 0.274 e. The second-order valence-electron chi connectivity index (χ2n) is 5.32. The molecule has 0 aliphatic carbocycles. The monoisotopic (exact) mass is 352 g/mol. The zero-order valence-corrected chi connectivity index (χ0v) is 13.9. The van der Waals surface area contributed by atoms with Gasteiger partial charge in [0.2, 0.25) is 10.0 Å². The van der Waals surface area contributed by atoms with Crippen LogP contribution in [0.5, 0.6) is 0 Å². The van der Waals surface area contributed by atoms with Crippen molar-refractivity contribution in [2.24, 2.45) is 0 Å². The largest absolute Gasteiger partial charge is 0.288 e. The van der Waals surface area contributed by atoms with Crippen molar-refractivity contribution in [2.75, 3.05) is 0 Å². The van der Waals surface area contributed by atoms with Crippen LogP contribution >= 0.6 is 0 Å². The van der Waals surface area contributed by atoms with Gasteiger partial charge in [-0.25, -0.2) is 23.0 Å². The van der Waals surface area contributed by atoms with E-state index in [0.717, 1.165) is 6.07 Å². The normalized spacial score (nSPS) is 12.7. The molecule has 0 radical (unpaired) electrons. The van der Waals surface area contributed by atoms with Gasteiger partial charge in [0.05, 0.1) is 4.90 Å².